The van der Waals surface area contributed by atoms with Gasteiger partial charge in [0.25, 0.3) is 0 Å². The molecule has 1 aliphatic heterocycles. The van der Waals surface area contributed by atoms with E-state index in [9.17, 15) is 4.79 Å². The molecule has 0 radical (unpaired) electrons. The SMILES string of the molecule is COc1ccc(-c2nc3cc(C4=NNC(=O)CC4C)ccc3[nH]2)cc1.Cl. The van der Waals surface area contributed by atoms with Gasteiger partial charge >= 0.3 is 0 Å². The van der Waals surface area contributed by atoms with E-state index >= 15 is 0 Å². The summed E-state index contributed by atoms with van der Waals surface area (Å²) >= 11 is 0. The van der Waals surface area contributed by atoms with E-state index in [1.54, 1.807) is 7.11 Å². The minimum atomic E-state index is -0.0427. The average molecular weight is 371 g/mol. The molecule has 0 bridgehead atoms. The molecule has 0 fully saturated rings. The summed E-state index contributed by atoms with van der Waals surface area (Å²) in [5.41, 5.74) is 7.25. The van der Waals surface area contributed by atoms with Crippen LogP contribution in [0.5, 0.6) is 5.75 Å². The van der Waals surface area contributed by atoms with E-state index in [4.69, 9.17) is 9.72 Å². The van der Waals surface area contributed by atoms with Gasteiger partial charge < -0.3 is 9.72 Å². The fraction of sp³-hybridized carbons (Fsp3) is 0.211. The lowest BCUT2D eigenvalue weighted by molar-refractivity contribution is -0.121. The first kappa shape index (κ1) is 17.9. The monoisotopic (exact) mass is 370 g/mol. The summed E-state index contributed by atoms with van der Waals surface area (Å²) in [4.78, 5) is 19.5. The summed E-state index contributed by atoms with van der Waals surface area (Å²) in [5.74, 6) is 1.67. The van der Waals surface area contributed by atoms with Crippen LogP contribution in [0, 0.1) is 5.92 Å². The summed E-state index contributed by atoms with van der Waals surface area (Å²) in [6.45, 7) is 2.01. The zero-order valence-corrected chi connectivity index (χ0v) is 15.3. The molecule has 7 heteroatoms. The first-order chi connectivity index (χ1) is 12.1. The van der Waals surface area contributed by atoms with E-state index in [1.165, 1.54) is 0 Å². The molecule has 0 spiro atoms. The molecule has 134 valence electrons. The van der Waals surface area contributed by atoms with E-state index in [0.29, 0.717) is 6.42 Å². The van der Waals surface area contributed by atoms with Crippen molar-refractivity contribution in [2.75, 3.05) is 7.11 Å². The van der Waals surface area contributed by atoms with Crippen molar-refractivity contribution in [1.29, 1.82) is 0 Å². The molecule has 0 aliphatic carbocycles. The molecule has 2 N–H and O–H groups in total. The molecule has 4 rings (SSSR count). The number of nitrogens with one attached hydrogen (secondary N) is 2. The molecule has 2 aromatic carbocycles. The van der Waals surface area contributed by atoms with Crippen LogP contribution in [0.25, 0.3) is 22.4 Å². The standard InChI is InChI=1S/C19H18N4O2.ClH/c1-11-9-17(24)22-23-18(11)13-5-8-15-16(10-13)21-19(20-15)12-3-6-14(25-2)7-4-12;/h3-8,10-11H,9H2,1-2H3,(H,20,21)(H,22,24);1H. The number of benzene rings is 2. The largest absolute Gasteiger partial charge is 0.497 e. The Balaban J connectivity index is 0.00000196. The molecule has 1 amide bonds. The van der Waals surface area contributed by atoms with E-state index in [-0.39, 0.29) is 24.2 Å². The van der Waals surface area contributed by atoms with Gasteiger partial charge in [0.1, 0.15) is 11.6 Å². The molecule has 2 heterocycles. The number of rotatable bonds is 3. The Morgan fingerprint density at radius 1 is 1.12 bits per heavy atom. The Bertz CT molecular complexity index is 979. The van der Waals surface area contributed by atoms with E-state index in [2.05, 4.69) is 15.5 Å². The second-order valence-corrected chi connectivity index (χ2v) is 6.18. The Hall–Kier alpha value is -2.86. The predicted octanol–water partition coefficient (Wildman–Crippen LogP) is 3.52. The van der Waals surface area contributed by atoms with Gasteiger partial charge in [-0.05, 0) is 36.4 Å². The lowest BCUT2D eigenvalue weighted by Crippen LogP contribution is -2.31. The van der Waals surface area contributed by atoms with Gasteiger partial charge in [-0.25, -0.2) is 10.4 Å². The zero-order chi connectivity index (χ0) is 17.4. The maximum Gasteiger partial charge on any atom is 0.240 e. The number of imidazole rings is 1. The van der Waals surface area contributed by atoms with Crippen molar-refractivity contribution in [3.63, 3.8) is 0 Å². The van der Waals surface area contributed by atoms with Crippen molar-refractivity contribution in [2.45, 2.75) is 13.3 Å². The van der Waals surface area contributed by atoms with Crippen LogP contribution < -0.4 is 10.2 Å². The lowest BCUT2D eigenvalue weighted by Gasteiger charge is -2.18. The molecule has 1 atom stereocenters. The van der Waals surface area contributed by atoms with Gasteiger partial charge in [-0.1, -0.05) is 13.0 Å². The summed E-state index contributed by atoms with van der Waals surface area (Å²) in [5, 5.41) is 4.22. The van der Waals surface area contributed by atoms with Gasteiger partial charge in [0, 0.05) is 23.5 Å². The van der Waals surface area contributed by atoms with Gasteiger partial charge in [0.05, 0.1) is 23.9 Å². The van der Waals surface area contributed by atoms with Gasteiger partial charge in [-0.15, -0.1) is 12.4 Å². The summed E-state index contributed by atoms with van der Waals surface area (Å²) in [6.07, 6.45) is 0.453. The van der Waals surface area contributed by atoms with Crippen LogP contribution >= 0.6 is 12.4 Å². The number of fused-ring (bicyclic) bond motifs is 1. The summed E-state index contributed by atoms with van der Waals surface area (Å²) in [7, 11) is 1.65. The highest BCUT2D eigenvalue weighted by Gasteiger charge is 2.22. The molecular weight excluding hydrogens is 352 g/mol. The van der Waals surface area contributed by atoms with Gasteiger partial charge in [-0.2, -0.15) is 5.10 Å². The third kappa shape index (κ3) is 3.28. The Labute approximate surface area is 157 Å². The third-order valence-corrected chi connectivity index (χ3v) is 4.40. The molecule has 1 aromatic heterocycles. The van der Waals surface area contributed by atoms with E-state index in [1.807, 2.05) is 49.4 Å². The van der Waals surface area contributed by atoms with Gasteiger partial charge in [-0.3, -0.25) is 4.79 Å². The molecule has 6 nitrogen and oxygen atoms in total. The number of aromatic amines is 1. The normalized spacial score (nSPS) is 16.6. The quantitative estimate of drug-likeness (QED) is 0.740. The van der Waals surface area contributed by atoms with E-state index in [0.717, 1.165) is 39.4 Å². The van der Waals surface area contributed by atoms with Crippen molar-refractivity contribution in [3.8, 4) is 17.1 Å². The maximum atomic E-state index is 11.4. The topological polar surface area (TPSA) is 79.4 Å². The van der Waals surface area contributed by atoms with Crippen molar-refractivity contribution < 1.29 is 9.53 Å². The smallest absolute Gasteiger partial charge is 0.240 e. The molecule has 1 unspecified atom stereocenters. The second-order valence-electron chi connectivity index (χ2n) is 6.18. The number of H-pyrrole nitrogens is 1. The van der Waals surface area contributed by atoms with Gasteiger partial charge in [0.15, 0.2) is 0 Å². The first-order valence-corrected chi connectivity index (χ1v) is 8.15. The fourth-order valence-electron chi connectivity index (χ4n) is 3.05. The van der Waals surface area contributed by atoms with Crippen molar-refractivity contribution >= 4 is 35.1 Å². The van der Waals surface area contributed by atoms with Crippen molar-refractivity contribution in [2.24, 2.45) is 11.0 Å². The average Bonchev–Trinajstić information content (AvgIpc) is 3.05. The third-order valence-electron chi connectivity index (χ3n) is 4.40. The lowest BCUT2D eigenvalue weighted by atomic mass is 9.94. The van der Waals surface area contributed by atoms with Crippen LogP contribution in [0.15, 0.2) is 47.6 Å². The minimum Gasteiger partial charge on any atom is -0.497 e. The Kier molecular flexibility index (Phi) is 4.95. The minimum absolute atomic E-state index is 0. The number of carbonyl (C=O) groups is 1. The van der Waals surface area contributed by atoms with Crippen molar-refractivity contribution in [1.82, 2.24) is 15.4 Å². The molecule has 3 aromatic rings. The highest BCUT2D eigenvalue weighted by molar-refractivity contribution is 6.07. The zero-order valence-electron chi connectivity index (χ0n) is 14.4. The molecular formula is C19H19ClN4O2. The molecule has 1 aliphatic rings. The van der Waals surface area contributed by atoms with Crippen LogP contribution in [0.4, 0.5) is 0 Å². The predicted molar refractivity (Wildman–Crippen MR) is 104 cm³/mol. The first-order valence-electron chi connectivity index (χ1n) is 8.15. The highest BCUT2D eigenvalue weighted by atomic mass is 35.5. The number of amides is 1. The van der Waals surface area contributed by atoms with Crippen LogP contribution in [0.2, 0.25) is 0 Å². The van der Waals surface area contributed by atoms with Crippen LogP contribution in [-0.4, -0.2) is 28.7 Å². The van der Waals surface area contributed by atoms with E-state index < -0.39 is 0 Å². The Morgan fingerprint density at radius 2 is 1.85 bits per heavy atom. The number of hydrazone groups is 1. The summed E-state index contributed by atoms with van der Waals surface area (Å²) in [6, 6.07) is 13.8. The fourth-order valence-corrected chi connectivity index (χ4v) is 3.05. The summed E-state index contributed by atoms with van der Waals surface area (Å²) < 4.78 is 5.19. The number of nitrogens with zero attached hydrogens (tertiary/aromatic N) is 2. The second kappa shape index (κ2) is 7.17. The molecule has 0 saturated carbocycles. The van der Waals surface area contributed by atoms with Gasteiger partial charge in [0.2, 0.25) is 5.91 Å². The van der Waals surface area contributed by atoms with Crippen LogP contribution in [0.1, 0.15) is 18.9 Å². The number of aromatic nitrogens is 2. The van der Waals surface area contributed by atoms with Crippen LogP contribution in [0.3, 0.4) is 0 Å². The van der Waals surface area contributed by atoms with Crippen LogP contribution in [-0.2, 0) is 4.79 Å². The molecule has 0 saturated heterocycles. The number of hydrogen-bond donors (Lipinski definition) is 2. The number of methoxy groups -OCH3 is 1. The number of ether oxygens (including phenoxy) is 1. The number of carbonyl (C=O) groups excluding carboxylic acids is 1. The number of halogens is 1. The number of hydrogen-bond acceptors (Lipinski definition) is 4. The molecule has 26 heavy (non-hydrogen) atoms. The Morgan fingerprint density at radius 3 is 2.54 bits per heavy atom. The maximum absolute atomic E-state index is 11.4. The van der Waals surface area contributed by atoms with Crippen molar-refractivity contribution in [3.05, 3.63) is 48.0 Å². The highest BCUT2D eigenvalue weighted by Crippen LogP contribution is 2.25.